The topological polar surface area (TPSA) is 72.2 Å². The van der Waals surface area contributed by atoms with Crippen LogP contribution in [0.1, 0.15) is 56.6 Å². The minimum absolute atomic E-state index is 0. The molecule has 0 saturated heterocycles. The SMILES string of the molecule is C[C@@H](CC(N)=O)N[C@@H](c1ccc(Cl)c(C(=O)c2ccc(F)cc2)c1F)C1CC1.[HH].[HH]. The molecule has 0 heterocycles. The summed E-state index contributed by atoms with van der Waals surface area (Å²) in [4.78, 5) is 24.0. The first-order valence-electron chi connectivity index (χ1n) is 9.10. The van der Waals surface area contributed by atoms with Crippen molar-refractivity contribution in [2.24, 2.45) is 11.7 Å². The minimum Gasteiger partial charge on any atom is -0.370 e. The molecule has 1 fully saturated rings. The number of rotatable bonds is 8. The molecule has 3 rings (SSSR count). The molecule has 1 aliphatic carbocycles. The van der Waals surface area contributed by atoms with Gasteiger partial charge in [0.2, 0.25) is 5.91 Å². The van der Waals surface area contributed by atoms with Gasteiger partial charge in [-0.25, -0.2) is 8.78 Å². The van der Waals surface area contributed by atoms with Crippen LogP contribution < -0.4 is 11.1 Å². The molecule has 3 N–H and O–H groups in total. The Labute approximate surface area is 170 Å². The van der Waals surface area contributed by atoms with E-state index in [-0.39, 0.29) is 43.4 Å². The van der Waals surface area contributed by atoms with E-state index in [0.717, 1.165) is 25.0 Å². The predicted molar refractivity (Wildman–Crippen MR) is 107 cm³/mol. The number of primary amides is 1. The van der Waals surface area contributed by atoms with Gasteiger partial charge in [0.25, 0.3) is 0 Å². The Hall–Kier alpha value is -2.31. The second-order valence-electron chi connectivity index (χ2n) is 7.21. The fraction of sp³-hybridized carbons (Fsp3) is 0.333. The van der Waals surface area contributed by atoms with Crippen molar-refractivity contribution < 1.29 is 21.2 Å². The maximum atomic E-state index is 15.4. The molecule has 0 unspecified atom stereocenters. The van der Waals surface area contributed by atoms with Crippen molar-refractivity contribution in [1.29, 1.82) is 0 Å². The summed E-state index contributed by atoms with van der Waals surface area (Å²) in [6.07, 6.45) is 1.97. The first-order chi connectivity index (χ1) is 13.3. The molecule has 1 saturated carbocycles. The summed E-state index contributed by atoms with van der Waals surface area (Å²) >= 11 is 6.14. The van der Waals surface area contributed by atoms with Gasteiger partial charge in [-0.1, -0.05) is 17.7 Å². The molecule has 2 aromatic carbocycles. The monoisotopic (exact) mass is 410 g/mol. The van der Waals surface area contributed by atoms with Gasteiger partial charge < -0.3 is 11.1 Å². The van der Waals surface area contributed by atoms with Crippen LogP contribution in [0.5, 0.6) is 0 Å². The van der Waals surface area contributed by atoms with Crippen molar-refractivity contribution in [3.63, 3.8) is 0 Å². The van der Waals surface area contributed by atoms with Crippen LogP contribution >= 0.6 is 11.6 Å². The Morgan fingerprint density at radius 3 is 2.43 bits per heavy atom. The Morgan fingerprint density at radius 2 is 1.86 bits per heavy atom. The van der Waals surface area contributed by atoms with Crippen molar-refractivity contribution >= 4 is 23.3 Å². The summed E-state index contributed by atoms with van der Waals surface area (Å²) in [5.74, 6) is -2.03. The molecule has 0 bridgehead atoms. The molecule has 1 aliphatic rings. The summed E-state index contributed by atoms with van der Waals surface area (Å²) in [6.45, 7) is 1.80. The molecule has 1 amide bonds. The summed E-state index contributed by atoms with van der Waals surface area (Å²) < 4.78 is 28.5. The van der Waals surface area contributed by atoms with Crippen LogP contribution in [-0.4, -0.2) is 17.7 Å². The van der Waals surface area contributed by atoms with E-state index >= 15 is 4.39 Å². The molecule has 7 heteroatoms. The first-order valence-corrected chi connectivity index (χ1v) is 9.48. The van der Waals surface area contributed by atoms with Crippen LogP contribution in [0.4, 0.5) is 8.78 Å². The number of nitrogens with one attached hydrogen (secondary N) is 1. The lowest BCUT2D eigenvalue weighted by atomic mass is 9.94. The molecule has 4 nitrogen and oxygen atoms in total. The van der Waals surface area contributed by atoms with E-state index in [1.165, 1.54) is 18.2 Å². The summed E-state index contributed by atoms with van der Waals surface area (Å²) in [5.41, 5.74) is 5.49. The number of hydrogen-bond acceptors (Lipinski definition) is 3. The van der Waals surface area contributed by atoms with Crippen LogP contribution in [-0.2, 0) is 4.79 Å². The van der Waals surface area contributed by atoms with Crippen LogP contribution in [0.25, 0.3) is 0 Å². The van der Waals surface area contributed by atoms with Crippen LogP contribution in [0.3, 0.4) is 0 Å². The zero-order valence-electron chi connectivity index (χ0n) is 15.3. The van der Waals surface area contributed by atoms with Gasteiger partial charge in [-0.3, -0.25) is 9.59 Å². The minimum atomic E-state index is -0.697. The first kappa shape index (κ1) is 20.4. The average Bonchev–Trinajstić information content (AvgIpc) is 3.45. The highest BCUT2D eigenvalue weighted by Gasteiger charge is 2.36. The second-order valence-corrected chi connectivity index (χ2v) is 7.62. The summed E-state index contributed by atoms with van der Waals surface area (Å²) in [7, 11) is 0. The lowest BCUT2D eigenvalue weighted by molar-refractivity contribution is -0.118. The quantitative estimate of drug-likeness (QED) is 0.622. The molecule has 28 heavy (non-hydrogen) atoms. The van der Waals surface area contributed by atoms with Crippen molar-refractivity contribution in [3.05, 3.63) is 69.7 Å². The van der Waals surface area contributed by atoms with Crippen molar-refractivity contribution in [3.8, 4) is 0 Å². The highest BCUT2D eigenvalue weighted by atomic mass is 35.5. The highest BCUT2D eigenvalue weighted by molar-refractivity contribution is 6.35. The maximum absolute atomic E-state index is 15.4. The number of ketones is 1. The van der Waals surface area contributed by atoms with Gasteiger partial charge in [0.1, 0.15) is 11.6 Å². The molecule has 2 atom stereocenters. The third kappa shape index (κ3) is 4.56. The molecule has 0 radical (unpaired) electrons. The number of hydrogen-bond donors (Lipinski definition) is 2. The smallest absolute Gasteiger partial charge is 0.218 e. The number of carbonyl (C=O) groups excluding carboxylic acids is 2. The van der Waals surface area contributed by atoms with Gasteiger partial charge in [-0.2, -0.15) is 0 Å². The van der Waals surface area contributed by atoms with Gasteiger partial charge in [-0.15, -0.1) is 0 Å². The number of nitrogens with two attached hydrogens (primary N) is 1. The standard InChI is InChI=1S/C21H21ClF2N2O2.2H2/c1-11(10-17(25)27)26-20(12-2-3-12)15-8-9-16(22)18(19(15)24)21(28)13-4-6-14(23)7-5-13;;/h4-9,11-12,20,26H,2-3,10H2,1H3,(H2,25,27);2*1H/t11-,20+;;/m0../s1. The highest BCUT2D eigenvalue weighted by Crippen LogP contribution is 2.43. The molecular weight excluding hydrogens is 386 g/mol. The third-order valence-electron chi connectivity index (χ3n) is 4.85. The van der Waals surface area contributed by atoms with E-state index < -0.39 is 23.3 Å². The van der Waals surface area contributed by atoms with Crippen molar-refractivity contribution in [2.45, 2.75) is 38.3 Å². The summed E-state index contributed by atoms with van der Waals surface area (Å²) in [5, 5.41) is 3.25. The Morgan fingerprint density at radius 1 is 1.21 bits per heavy atom. The third-order valence-corrected chi connectivity index (χ3v) is 5.17. The zero-order valence-corrected chi connectivity index (χ0v) is 16.1. The lowest BCUT2D eigenvalue weighted by Gasteiger charge is -2.24. The fourth-order valence-electron chi connectivity index (χ4n) is 3.34. The van der Waals surface area contributed by atoms with E-state index in [4.69, 9.17) is 17.3 Å². The van der Waals surface area contributed by atoms with E-state index in [1.54, 1.807) is 13.0 Å². The normalized spacial score (nSPS) is 15.9. The number of carbonyl (C=O) groups is 2. The summed E-state index contributed by atoms with van der Waals surface area (Å²) in [6, 6.07) is 7.34. The maximum Gasteiger partial charge on any atom is 0.218 e. The fourth-order valence-corrected chi connectivity index (χ4v) is 3.57. The Balaban J connectivity index is 0.00000225. The molecule has 2 aromatic rings. The zero-order chi connectivity index (χ0) is 20.4. The number of benzene rings is 2. The van der Waals surface area contributed by atoms with Crippen LogP contribution in [0, 0.1) is 17.6 Å². The van der Waals surface area contributed by atoms with Crippen molar-refractivity contribution in [2.75, 3.05) is 0 Å². The van der Waals surface area contributed by atoms with E-state index in [0.29, 0.717) is 5.56 Å². The lowest BCUT2D eigenvalue weighted by Crippen LogP contribution is -2.35. The Bertz CT molecular complexity index is 909. The second kappa shape index (κ2) is 8.37. The predicted octanol–water partition coefficient (Wildman–Crippen LogP) is 4.65. The van der Waals surface area contributed by atoms with Gasteiger partial charge >= 0.3 is 0 Å². The molecule has 0 spiro atoms. The largest absolute Gasteiger partial charge is 0.370 e. The van der Waals surface area contributed by atoms with Gasteiger partial charge in [0.05, 0.1) is 10.6 Å². The number of halogens is 3. The molecule has 0 aliphatic heterocycles. The van der Waals surface area contributed by atoms with Gasteiger partial charge in [0.15, 0.2) is 5.78 Å². The molecule has 0 aromatic heterocycles. The molecule has 152 valence electrons. The van der Waals surface area contributed by atoms with E-state index in [9.17, 15) is 14.0 Å². The average molecular weight is 411 g/mol. The van der Waals surface area contributed by atoms with E-state index in [2.05, 4.69) is 5.32 Å². The van der Waals surface area contributed by atoms with Gasteiger partial charge in [-0.05, 0) is 56.0 Å². The Kier molecular flexibility index (Phi) is 6.10. The number of amides is 1. The van der Waals surface area contributed by atoms with Crippen LogP contribution in [0.15, 0.2) is 36.4 Å². The van der Waals surface area contributed by atoms with E-state index in [1.807, 2.05) is 0 Å². The van der Waals surface area contributed by atoms with Crippen LogP contribution in [0.2, 0.25) is 5.02 Å². The van der Waals surface area contributed by atoms with Crippen molar-refractivity contribution in [1.82, 2.24) is 5.32 Å². The molecular formula is C21H25ClF2N2O2. The van der Waals surface area contributed by atoms with Gasteiger partial charge in [0, 0.05) is 32.5 Å².